The van der Waals surface area contributed by atoms with Gasteiger partial charge in [-0.1, -0.05) is 18.2 Å². The van der Waals surface area contributed by atoms with Crippen molar-refractivity contribution in [1.82, 2.24) is 4.57 Å². The number of anilines is 1. The Morgan fingerprint density at radius 3 is 2.78 bits per heavy atom. The maximum atomic E-state index is 12.0. The van der Waals surface area contributed by atoms with E-state index in [0.717, 1.165) is 19.5 Å². The van der Waals surface area contributed by atoms with Crippen LogP contribution in [0.1, 0.15) is 16.8 Å². The van der Waals surface area contributed by atoms with E-state index in [9.17, 15) is 9.59 Å². The normalized spacial score (nSPS) is 17.3. The molecule has 1 fully saturated rings. The molecule has 5 nitrogen and oxygen atoms in total. The quantitative estimate of drug-likeness (QED) is 0.811. The molecule has 1 aromatic carbocycles. The van der Waals surface area contributed by atoms with E-state index in [1.807, 2.05) is 18.2 Å². The van der Waals surface area contributed by atoms with E-state index in [4.69, 9.17) is 4.74 Å². The lowest BCUT2D eigenvalue weighted by molar-refractivity contribution is 0.0450. The van der Waals surface area contributed by atoms with Gasteiger partial charge in [0.1, 0.15) is 0 Å². The highest BCUT2D eigenvalue weighted by molar-refractivity contribution is 5.89. The van der Waals surface area contributed by atoms with Crippen molar-refractivity contribution in [2.45, 2.75) is 6.42 Å². The van der Waals surface area contributed by atoms with Gasteiger partial charge in [-0.3, -0.25) is 4.79 Å². The lowest BCUT2D eigenvalue weighted by Crippen LogP contribution is -2.22. The summed E-state index contributed by atoms with van der Waals surface area (Å²) in [7, 11) is 1.65. The van der Waals surface area contributed by atoms with Crippen LogP contribution in [0.25, 0.3) is 0 Å². The number of para-hydroxylation sites is 1. The SMILES string of the molecule is Cn1ccc(C(=O)OC[C@@H]2CCN(c3ccccc3)C2)cc1=O. The van der Waals surface area contributed by atoms with Crippen LogP contribution in [-0.4, -0.2) is 30.2 Å². The molecule has 5 heteroatoms. The van der Waals surface area contributed by atoms with E-state index >= 15 is 0 Å². The molecule has 0 radical (unpaired) electrons. The van der Waals surface area contributed by atoms with Crippen molar-refractivity contribution < 1.29 is 9.53 Å². The van der Waals surface area contributed by atoms with E-state index in [-0.39, 0.29) is 5.56 Å². The van der Waals surface area contributed by atoms with Gasteiger partial charge in [-0.15, -0.1) is 0 Å². The Bertz CT molecular complexity index is 739. The molecular weight excluding hydrogens is 292 g/mol. The number of hydrogen-bond acceptors (Lipinski definition) is 4. The molecule has 0 unspecified atom stereocenters. The van der Waals surface area contributed by atoms with Crippen molar-refractivity contribution in [3.8, 4) is 0 Å². The third-order valence-electron chi connectivity index (χ3n) is 4.20. The summed E-state index contributed by atoms with van der Waals surface area (Å²) in [5.41, 5.74) is 1.30. The molecule has 23 heavy (non-hydrogen) atoms. The Morgan fingerprint density at radius 1 is 1.26 bits per heavy atom. The Hall–Kier alpha value is -2.56. The average Bonchev–Trinajstić information content (AvgIpc) is 3.05. The number of aromatic nitrogens is 1. The molecule has 0 bridgehead atoms. The second kappa shape index (κ2) is 6.69. The van der Waals surface area contributed by atoms with Crippen LogP contribution in [0.4, 0.5) is 5.69 Å². The van der Waals surface area contributed by atoms with Crippen molar-refractivity contribution in [1.29, 1.82) is 0 Å². The molecule has 1 aliphatic rings. The first kappa shape index (κ1) is 15.3. The summed E-state index contributed by atoms with van der Waals surface area (Å²) < 4.78 is 6.80. The number of rotatable bonds is 4. The first-order chi connectivity index (χ1) is 11.1. The molecule has 1 saturated heterocycles. The number of carbonyl (C=O) groups excluding carboxylic acids is 1. The monoisotopic (exact) mass is 312 g/mol. The summed E-state index contributed by atoms with van der Waals surface area (Å²) in [6, 6.07) is 13.2. The third-order valence-corrected chi connectivity index (χ3v) is 4.20. The van der Waals surface area contributed by atoms with Gasteiger partial charge in [0.25, 0.3) is 5.56 Å². The number of ether oxygens (including phenoxy) is 1. The van der Waals surface area contributed by atoms with Crippen LogP contribution in [0.3, 0.4) is 0 Å². The molecule has 0 spiro atoms. The van der Waals surface area contributed by atoms with Crippen molar-refractivity contribution >= 4 is 11.7 Å². The van der Waals surface area contributed by atoms with Gasteiger partial charge < -0.3 is 14.2 Å². The molecule has 0 aliphatic carbocycles. The molecule has 2 heterocycles. The minimum absolute atomic E-state index is 0.212. The highest BCUT2D eigenvalue weighted by Gasteiger charge is 2.24. The second-order valence-corrected chi connectivity index (χ2v) is 5.90. The fourth-order valence-corrected chi connectivity index (χ4v) is 2.79. The van der Waals surface area contributed by atoms with Crippen LogP contribution in [0.5, 0.6) is 0 Å². The first-order valence-electron chi connectivity index (χ1n) is 7.77. The van der Waals surface area contributed by atoms with Crippen LogP contribution in [0, 0.1) is 5.92 Å². The molecule has 2 aromatic rings. The van der Waals surface area contributed by atoms with Crippen molar-refractivity contribution in [3.63, 3.8) is 0 Å². The zero-order valence-electron chi connectivity index (χ0n) is 13.1. The van der Waals surface area contributed by atoms with Crippen LogP contribution in [-0.2, 0) is 11.8 Å². The van der Waals surface area contributed by atoms with Gasteiger partial charge in [0.05, 0.1) is 12.2 Å². The van der Waals surface area contributed by atoms with Gasteiger partial charge in [0.15, 0.2) is 0 Å². The van der Waals surface area contributed by atoms with Gasteiger partial charge in [0.2, 0.25) is 0 Å². The van der Waals surface area contributed by atoms with Gasteiger partial charge >= 0.3 is 5.97 Å². The summed E-state index contributed by atoms with van der Waals surface area (Å²) in [5.74, 6) is -0.105. The average molecular weight is 312 g/mol. The van der Waals surface area contributed by atoms with Crippen LogP contribution in [0.2, 0.25) is 0 Å². The van der Waals surface area contributed by atoms with E-state index in [1.54, 1.807) is 19.3 Å². The topological polar surface area (TPSA) is 51.5 Å². The number of aryl methyl sites for hydroxylation is 1. The summed E-state index contributed by atoms with van der Waals surface area (Å²) in [6.45, 7) is 2.24. The second-order valence-electron chi connectivity index (χ2n) is 5.90. The molecule has 0 saturated carbocycles. The van der Waals surface area contributed by atoms with Gasteiger partial charge in [-0.2, -0.15) is 0 Å². The maximum absolute atomic E-state index is 12.0. The standard InChI is InChI=1S/C18H20N2O3/c1-19-9-8-15(11-17(19)21)18(22)23-13-14-7-10-20(12-14)16-5-3-2-4-6-16/h2-6,8-9,11,14H,7,10,12-13H2,1H3/t14-/m1/s1. The summed E-state index contributed by atoms with van der Waals surface area (Å²) >= 11 is 0. The molecule has 1 atom stereocenters. The van der Waals surface area contributed by atoms with Gasteiger partial charge in [0, 0.05) is 44.0 Å². The van der Waals surface area contributed by atoms with E-state index in [0.29, 0.717) is 18.1 Å². The number of pyridine rings is 1. The third kappa shape index (κ3) is 3.62. The van der Waals surface area contributed by atoms with Gasteiger partial charge in [-0.25, -0.2) is 4.79 Å². The molecule has 0 N–H and O–H groups in total. The number of hydrogen-bond donors (Lipinski definition) is 0. The Labute approximate surface area is 135 Å². The maximum Gasteiger partial charge on any atom is 0.338 e. The lowest BCUT2D eigenvalue weighted by Gasteiger charge is -2.18. The zero-order valence-corrected chi connectivity index (χ0v) is 13.1. The zero-order chi connectivity index (χ0) is 16.2. The van der Waals surface area contributed by atoms with Crippen LogP contribution in [0.15, 0.2) is 53.5 Å². The molecule has 3 rings (SSSR count). The summed E-state index contributed by atoms with van der Waals surface area (Å²) in [5, 5.41) is 0. The van der Waals surface area contributed by atoms with Gasteiger partial charge in [-0.05, 0) is 24.6 Å². The van der Waals surface area contributed by atoms with E-state index in [1.165, 1.54) is 16.3 Å². The largest absolute Gasteiger partial charge is 0.462 e. The predicted octanol–water partition coefficient (Wildman–Crippen LogP) is 2.07. The number of benzene rings is 1. The Morgan fingerprint density at radius 2 is 2.04 bits per heavy atom. The first-order valence-corrected chi connectivity index (χ1v) is 7.77. The predicted molar refractivity (Wildman–Crippen MR) is 88.7 cm³/mol. The Kier molecular flexibility index (Phi) is 4.46. The fraction of sp³-hybridized carbons (Fsp3) is 0.333. The van der Waals surface area contributed by atoms with Crippen molar-refractivity contribution in [2.75, 3.05) is 24.6 Å². The molecule has 0 amide bonds. The number of carbonyl (C=O) groups is 1. The fourth-order valence-electron chi connectivity index (χ4n) is 2.79. The minimum atomic E-state index is -0.430. The number of nitrogens with zero attached hydrogens (tertiary/aromatic N) is 2. The van der Waals surface area contributed by atoms with Crippen molar-refractivity contribution in [3.05, 3.63) is 64.6 Å². The van der Waals surface area contributed by atoms with Crippen LogP contribution >= 0.6 is 0 Å². The highest BCUT2D eigenvalue weighted by Crippen LogP contribution is 2.23. The lowest BCUT2D eigenvalue weighted by atomic mass is 10.1. The van der Waals surface area contributed by atoms with Crippen molar-refractivity contribution in [2.24, 2.45) is 13.0 Å². The van der Waals surface area contributed by atoms with Crippen LogP contribution < -0.4 is 10.5 Å². The smallest absolute Gasteiger partial charge is 0.338 e. The van der Waals surface area contributed by atoms with E-state index < -0.39 is 5.97 Å². The molecule has 1 aliphatic heterocycles. The van der Waals surface area contributed by atoms with E-state index in [2.05, 4.69) is 17.0 Å². The molecular formula is C18H20N2O3. The summed E-state index contributed by atoms with van der Waals surface area (Å²) in [6.07, 6.45) is 2.57. The Balaban J connectivity index is 1.54. The summed E-state index contributed by atoms with van der Waals surface area (Å²) in [4.78, 5) is 25.9. The highest BCUT2D eigenvalue weighted by atomic mass is 16.5. The molecule has 120 valence electrons. The minimum Gasteiger partial charge on any atom is -0.462 e. The molecule has 1 aromatic heterocycles. The number of esters is 1.